The van der Waals surface area contributed by atoms with Crippen molar-refractivity contribution in [3.63, 3.8) is 0 Å². The van der Waals surface area contributed by atoms with Crippen LogP contribution in [0.25, 0.3) is 0 Å². The Bertz CT molecular complexity index is 1160. The maximum absolute atomic E-state index is 12.6. The largest absolute Gasteiger partial charge is 0.496 e. The van der Waals surface area contributed by atoms with Crippen LogP contribution in [0.2, 0.25) is 5.02 Å². The summed E-state index contributed by atoms with van der Waals surface area (Å²) in [7, 11) is -2.73. The second kappa shape index (κ2) is 11.5. The van der Waals surface area contributed by atoms with Crippen LogP contribution in [0.1, 0.15) is 9.67 Å². The minimum atomic E-state index is -5.08. The summed E-state index contributed by atoms with van der Waals surface area (Å²) in [6, 6.07) is 2.65. The van der Waals surface area contributed by atoms with Crippen LogP contribution in [-0.2, 0) is 14.8 Å². The molecule has 0 saturated carbocycles. The van der Waals surface area contributed by atoms with Crippen LogP contribution in [0.3, 0.4) is 0 Å². The number of nitrogens with zero attached hydrogens (tertiary/aromatic N) is 2. The number of amides is 1. The van der Waals surface area contributed by atoms with Gasteiger partial charge in [-0.05, 0) is 22.0 Å². The third-order valence-corrected chi connectivity index (χ3v) is 7.54. The molecule has 188 valence electrons. The molecule has 0 spiro atoms. The first-order valence-corrected chi connectivity index (χ1v) is 12.5. The van der Waals surface area contributed by atoms with Crippen LogP contribution in [0.15, 0.2) is 27.7 Å². The third kappa shape index (κ3) is 7.43. The van der Waals surface area contributed by atoms with Crippen LogP contribution < -0.4 is 19.7 Å². The van der Waals surface area contributed by atoms with Crippen LogP contribution in [0.5, 0.6) is 5.75 Å². The fourth-order valence-electron chi connectivity index (χ4n) is 2.47. The molecule has 0 atom stereocenters. The molecule has 1 saturated heterocycles. The molecule has 3 rings (SSSR count). The smallest absolute Gasteiger partial charge is 0.490 e. The second-order valence-corrected chi connectivity index (χ2v) is 10.3. The van der Waals surface area contributed by atoms with Gasteiger partial charge in [0.15, 0.2) is 5.13 Å². The molecule has 17 heteroatoms. The fourth-order valence-corrected chi connectivity index (χ4v) is 5.57. The van der Waals surface area contributed by atoms with Gasteiger partial charge in [0.05, 0.1) is 22.8 Å². The minimum Gasteiger partial charge on any atom is -0.496 e. The molecule has 2 aromatic rings. The number of carboxylic acids is 1. The highest BCUT2D eigenvalue weighted by Crippen LogP contribution is 2.33. The van der Waals surface area contributed by atoms with Crippen molar-refractivity contribution in [3.05, 3.63) is 32.7 Å². The van der Waals surface area contributed by atoms with E-state index in [-0.39, 0.29) is 14.8 Å². The average molecular weight is 610 g/mol. The number of carboxylic acid groups (broad SMARTS) is 1. The van der Waals surface area contributed by atoms with Crippen LogP contribution >= 0.6 is 38.9 Å². The number of nitrogens with one attached hydrogen (secondary N) is 2. The van der Waals surface area contributed by atoms with E-state index in [2.05, 4.69) is 26.2 Å². The monoisotopic (exact) mass is 608 g/mol. The SMILES string of the molecule is COc1cc(Cl)c(S(=O)(=O)NC(=O)c2cnc(N3CCNCC3)s2)cc1Br.O=C(O)C(F)(F)F. The lowest BCUT2D eigenvalue weighted by atomic mass is 10.3. The van der Waals surface area contributed by atoms with Crippen LogP contribution in [-0.4, -0.2) is 69.8 Å². The molecule has 0 unspecified atom stereocenters. The van der Waals surface area contributed by atoms with Gasteiger partial charge in [-0.15, -0.1) is 0 Å². The molecule has 0 radical (unpaired) electrons. The lowest BCUT2D eigenvalue weighted by Gasteiger charge is -2.26. The van der Waals surface area contributed by atoms with Crippen LogP contribution in [0, 0.1) is 0 Å². The first kappa shape index (κ1) is 28.1. The number of halogens is 5. The third-order valence-electron chi connectivity index (χ3n) is 4.07. The van der Waals surface area contributed by atoms with Crippen molar-refractivity contribution in [2.45, 2.75) is 11.1 Å². The maximum atomic E-state index is 12.6. The van der Waals surface area contributed by atoms with Gasteiger partial charge in [0, 0.05) is 32.2 Å². The molecule has 1 aliphatic heterocycles. The molecule has 1 amide bonds. The number of carbonyl (C=O) groups is 2. The number of methoxy groups -OCH3 is 1. The zero-order valence-electron chi connectivity index (χ0n) is 17.1. The summed E-state index contributed by atoms with van der Waals surface area (Å²) in [6.07, 6.45) is -3.71. The van der Waals surface area contributed by atoms with Crippen molar-refractivity contribution in [3.8, 4) is 5.75 Å². The number of ether oxygens (including phenoxy) is 1. The van der Waals surface area contributed by atoms with E-state index in [0.717, 1.165) is 37.5 Å². The molecule has 3 N–H and O–H groups in total. The van der Waals surface area contributed by atoms with Crippen molar-refractivity contribution >= 4 is 65.9 Å². The zero-order chi connectivity index (χ0) is 25.7. The van der Waals surface area contributed by atoms with E-state index in [0.29, 0.717) is 15.4 Å². The number of sulfonamides is 1. The summed E-state index contributed by atoms with van der Waals surface area (Å²) in [5, 5.41) is 11.0. The van der Waals surface area contributed by atoms with Gasteiger partial charge in [-0.25, -0.2) is 22.9 Å². The topological polar surface area (TPSA) is 138 Å². The Kier molecular flexibility index (Phi) is 9.53. The average Bonchev–Trinajstić information content (AvgIpc) is 3.25. The predicted molar refractivity (Wildman–Crippen MR) is 121 cm³/mol. The van der Waals surface area contributed by atoms with Crippen molar-refractivity contribution < 1.29 is 41.0 Å². The molecule has 0 aliphatic carbocycles. The molecule has 10 nitrogen and oxygen atoms in total. The Morgan fingerprint density at radius 1 is 1.32 bits per heavy atom. The van der Waals surface area contributed by atoms with Crippen molar-refractivity contribution in [2.24, 2.45) is 0 Å². The van der Waals surface area contributed by atoms with Gasteiger partial charge in [-0.2, -0.15) is 13.2 Å². The van der Waals surface area contributed by atoms with E-state index in [1.54, 1.807) is 0 Å². The molecule has 2 heterocycles. The molecular formula is C17H17BrClF3N4O6S2. The van der Waals surface area contributed by atoms with Gasteiger partial charge in [0.1, 0.15) is 15.5 Å². The lowest BCUT2D eigenvalue weighted by molar-refractivity contribution is -0.192. The normalized spacial score (nSPS) is 14.1. The number of piperazine rings is 1. The molecule has 0 bridgehead atoms. The Labute approximate surface area is 209 Å². The van der Waals surface area contributed by atoms with E-state index < -0.39 is 28.1 Å². The van der Waals surface area contributed by atoms with E-state index in [4.69, 9.17) is 26.2 Å². The number of hydrogen-bond acceptors (Lipinski definition) is 9. The highest BCUT2D eigenvalue weighted by atomic mass is 79.9. The van der Waals surface area contributed by atoms with Gasteiger partial charge < -0.3 is 20.1 Å². The highest BCUT2D eigenvalue weighted by molar-refractivity contribution is 9.10. The summed E-state index contributed by atoms with van der Waals surface area (Å²) >= 11 is 10.4. The van der Waals surface area contributed by atoms with Crippen molar-refractivity contribution in [1.29, 1.82) is 0 Å². The molecular weight excluding hydrogens is 593 g/mol. The summed E-state index contributed by atoms with van der Waals surface area (Å²) in [5.41, 5.74) is 0. The predicted octanol–water partition coefficient (Wildman–Crippen LogP) is 2.73. The first-order valence-electron chi connectivity index (χ1n) is 9.08. The molecule has 1 fully saturated rings. The number of aromatic nitrogens is 1. The molecule has 1 aromatic carbocycles. The zero-order valence-corrected chi connectivity index (χ0v) is 21.1. The van der Waals surface area contributed by atoms with E-state index in [1.807, 2.05) is 9.62 Å². The first-order chi connectivity index (χ1) is 15.8. The second-order valence-electron chi connectivity index (χ2n) is 6.40. The highest BCUT2D eigenvalue weighted by Gasteiger charge is 2.38. The summed E-state index contributed by atoms with van der Waals surface area (Å²) in [5.74, 6) is -3.13. The van der Waals surface area contributed by atoms with Gasteiger partial charge in [0.2, 0.25) is 0 Å². The van der Waals surface area contributed by atoms with Crippen molar-refractivity contribution in [1.82, 2.24) is 15.0 Å². The molecule has 1 aliphatic rings. The Hall–Kier alpha value is -2.14. The fraction of sp³-hybridized carbons (Fsp3) is 0.353. The number of thiazole rings is 1. The number of alkyl halides is 3. The Morgan fingerprint density at radius 3 is 2.44 bits per heavy atom. The number of benzene rings is 1. The lowest BCUT2D eigenvalue weighted by Crippen LogP contribution is -2.43. The van der Waals surface area contributed by atoms with Crippen LogP contribution in [0.4, 0.5) is 18.3 Å². The number of aliphatic carboxylic acids is 1. The summed E-state index contributed by atoms with van der Waals surface area (Å²) < 4.78 is 64.4. The standard InChI is InChI=1S/C15H16BrClN4O4S2.C2HF3O2/c1-25-11-7-10(17)13(6-9(11)16)27(23,24)20-14(22)12-8-19-15(26-12)21-4-2-18-3-5-21;3-2(4,5)1(6)7/h6-8,18H,2-5H2,1H3,(H,20,22);(H,6,7). The number of carbonyl (C=O) groups excluding carboxylic acids is 1. The number of anilines is 1. The van der Waals surface area contributed by atoms with Gasteiger partial charge in [-0.1, -0.05) is 22.9 Å². The quantitative estimate of drug-likeness (QED) is 0.467. The van der Waals surface area contributed by atoms with E-state index >= 15 is 0 Å². The molecule has 1 aromatic heterocycles. The van der Waals surface area contributed by atoms with Crippen molar-refractivity contribution in [2.75, 3.05) is 38.2 Å². The minimum absolute atomic E-state index is 0.0545. The van der Waals surface area contributed by atoms with E-state index in [1.165, 1.54) is 25.4 Å². The van der Waals surface area contributed by atoms with Gasteiger partial charge in [0.25, 0.3) is 15.9 Å². The summed E-state index contributed by atoms with van der Waals surface area (Å²) in [6.45, 7) is 3.23. The maximum Gasteiger partial charge on any atom is 0.490 e. The summed E-state index contributed by atoms with van der Waals surface area (Å²) in [4.78, 5) is 27.6. The number of hydrogen-bond donors (Lipinski definition) is 3. The van der Waals surface area contributed by atoms with Gasteiger partial charge in [-0.3, -0.25) is 4.79 Å². The molecule has 34 heavy (non-hydrogen) atoms. The van der Waals surface area contributed by atoms with E-state index in [9.17, 15) is 26.4 Å². The Morgan fingerprint density at radius 2 is 1.91 bits per heavy atom. The van der Waals surface area contributed by atoms with Gasteiger partial charge >= 0.3 is 12.1 Å². The Balaban J connectivity index is 0.000000509. The number of rotatable bonds is 5.